The van der Waals surface area contributed by atoms with Crippen LogP contribution in [0, 0.1) is 19.7 Å². The molecule has 0 amide bonds. The van der Waals surface area contributed by atoms with Gasteiger partial charge in [-0.3, -0.25) is 4.99 Å². The van der Waals surface area contributed by atoms with Gasteiger partial charge in [-0.15, -0.1) is 0 Å². The van der Waals surface area contributed by atoms with Crippen molar-refractivity contribution in [3.05, 3.63) is 51.7 Å². The Morgan fingerprint density at radius 1 is 1.16 bits per heavy atom. The first kappa shape index (κ1) is 19.4. The minimum absolute atomic E-state index is 0.305. The number of aryl methyl sites for hydroxylation is 2. The summed E-state index contributed by atoms with van der Waals surface area (Å²) < 4.78 is 19.7. The van der Waals surface area contributed by atoms with E-state index in [0.29, 0.717) is 10.2 Å². The molecular weight excluding hydrogens is 383 g/mol. The molecule has 0 aromatic heterocycles. The smallest absolute Gasteiger partial charge is 0.137 e. The predicted octanol–water partition coefficient (Wildman–Crippen LogP) is 6.26. The first-order valence-electron chi connectivity index (χ1n) is 8.47. The Bertz CT molecular complexity index is 762. The SMILES string of the molecule is CCCN=CN(CC)c1cc(C)c(Oc2ccc(F)c(Br)c2)cc1C. The maximum Gasteiger partial charge on any atom is 0.137 e. The summed E-state index contributed by atoms with van der Waals surface area (Å²) in [6.07, 6.45) is 2.94. The lowest BCUT2D eigenvalue weighted by atomic mass is 10.1. The molecule has 0 bridgehead atoms. The summed E-state index contributed by atoms with van der Waals surface area (Å²) in [5.41, 5.74) is 3.24. The van der Waals surface area contributed by atoms with Crippen LogP contribution < -0.4 is 9.64 Å². The highest BCUT2D eigenvalue weighted by molar-refractivity contribution is 9.10. The van der Waals surface area contributed by atoms with Gasteiger partial charge in [-0.1, -0.05) is 6.92 Å². The number of benzene rings is 2. The number of nitrogens with zero attached hydrogens (tertiary/aromatic N) is 2. The van der Waals surface area contributed by atoms with Gasteiger partial charge in [0.05, 0.1) is 10.8 Å². The average Bonchev–Trinajstić information content (AvgIpc) is 2.58. The first-order chi connectivity index (χ1) is 12.0. The molecule has 0 saturated heterocycles. The Labute approximate surface area is 157 Å². The quantitative estimate of drug-likeness (QED) is 0.400. The summed E-state index contributed by atoms with van der Waals surface area (Å²) in [5.74, 6) is 1.06. The molecule has 2 aromatic rings. The van der Waals surface area contributed by atoms with Gasteiger partial charge in [-0.05, 0) is 84.6 Å². The molecule has 2 rings (SSSR count). The molecule has 0 N–H and O–H groups in total. The summed E-state index contributed by atoms with van der Waals surface area (Å²) in [5, 5.41) is 0. The van der Waals surface area contributed by atoms with Crippen LogP contribution >= 0.6 is 15.9 Å². The Morgan fingerprint density at radius 3 is 2.56 bits per heavy atom. The molecule has 5 heteroatoms. The van der Waals surface area contributed by atoms with E-state index in [1.807, 2.05) is 19.3 Å². The van der Waals surface area contributed by atoms with Crippen molar-refractivity contribution in [2.24, 2.45) is 4.99 Å². The molecule has 3 nitrogen and oxygen atoms in total. The Balaban J connectivity index is 2.27. The topological polar surface area (TPSA) is 24.8 Å². The number of halogens is 2. The van der Waals surface area contributed by atoms with Gasteiger partial charge in [0, 0.05) is 18.8 Å². The second-order valence-electron chi connectivity index (χ2n) is 5.89. The van der Waals surface area contributed by atoms with Crippen LogP contribution in [0.1, 0.15) is 31.4 Å². The van der Waals surface area contributed by atoms with Crippen LogP contribution in [0.4, 0.5) is 10.1 Å². The zero-order valence-electron chi connectivity index (χ0n) is 15.1. The summed E-state index contributed by atoms with van der Waals surface area (Å²) in [6, 6.07) is 8.76. The van der Waals surface area contributed by atoms with Crippen LogP contribution in [0.2, 0.25) is 0 Å². The van der Waals surface area contributed by atoms with Crippen LogP contribution in [0.5, 0.6) is 11.5 Å². The highest BCUT2D eigenvalue weighted by Gasteiger charge is 2.11. The zero-order chi connectivity index (χ0) is 18.4. The molecule has 134 valence electrons. The summed E-state index contributed by atoms with van der Waals surface area (Å²) in [4.78, 5) is 6.58. The second kappa shape index (κ2) is 8.99. The van der Waals surface area contributed by atoms with E-state index in [0.717, 1.165) is 42.1 Å². The third-order valence-electron chi connectivity index (χ3n) is 3.84. The van der Waals surface area contributed by atoms with Gasteiger partial charge in [-0.25, -0.2) is 4.39 Å². The van der Waals surface area contributed by atoms with E-state index in [1.54, 1.807) is 12.1 Å². The molecule has 0 aliphatic rings. The van der Waals surface area contributed by atoms with Crippen LogP contribution in [-0.4, -0.2) is 19.4 Å². The zero-order valence-corrected chi connectivity index (χ0v) is 16.7. The van der Waals surface area contributed by atoms with E-state index in [4.69, 9.17) is 4.74 Å². The molecule has 0 radical (unpaired) electrons. The van der Waals surface area contributed by atoms with Crippen molar-refractivity contribution in [3.8, 4) is 11.5 Å². The van der Waals surface area contributed by atoms with Gasteiger partial charge in [0.25, 0.3) is 0 Å². The van der Waals surface area contributed by atoms with Crippen molar-refractivity contribution in [1.82, 2.24) is 0 Å². The van der Waals surface area contributed by atoms with Crippen LogP contribution in [-0.2, 0) is 0 Å². The van der Waals surface area contributed by atoms with E-state index in [9.17, 15) is 4.39 Å². The number of rotatable bonds is 7. The number of aliphatic imine (C=N–C) groups is 1. The third-order valence-corrected chi connectivity index (χ3v) is 4.44. The lowest BCUT2D eigenvalue weighted by molar-refractivity contribution is 0.476. The van der Waals surface area contributed by atoms with Crippen molar-refractivity contribution >= 4 is 28.0 Å². The Kier molecular flexibility index (Phi) is 7.00. The largest absolute Gasteiger partial charge is 0.457 e. The molecule has 0 aliphatic heterocycles. The lowest BCUT2D eigenvalue weighted by Crippen LogP contribution is -2.21. The van der Waals surface area contributed by atoms with Crippen molar-refractivity contribution in [2.45, 2.75) is 34.1 Å². The third kappa shape index (κ3) is 5.05. The molecule has 0 atom stereocenters. The molecule has 25 heavy (non-hydrogen) atoms. The molecule has 0 unspecified atom stereocenters. The highest BCUT2D eigenvalue weighted by Crippen LogP contribution is 2.33. The predicted molar refractivity (Wildman–Crippen MR) is 107 cm³/mol. The van der Waals surface area contributed by atoms with Gasteiger partial charge in [0.2, 0.25) is 0 Å². The molecular formula is C20H24BrFN2O. The number of hydrogen-bond acceptors (Lipinski definition) is 2. The highest BCUT2D eigenvalue weighted by atomic mass is 79.9. The van der Waals surface area contributed by atoms with Gasteiger partial charge < -0.3 is 9.64 Å². The van der Waals surface area contributed by atoms with E-state index in [1.165, 1.54) is 6.07 Å². The summed E-state index contributed by atoms with van der Waals surface area (Å²) in [7, 11) is 0. The molecule has 0 aliphatic carbocycles. The fourth-order valence-electron chi connectivity index (χ4n) is 2.46. The van der Waals surface area contributed by atoms with Crippen molar-refractivity contribution in [3.63, 3.8) is 0 Å². The lowest BCUT2D eigenvalue weighted by Gasteiger charge is -2.22. The van der Waals surface area contributed by atoms with E-state index >= 15 is 0 Å². The molecule has 0 fully saturated rings. The molecule has 0 spiro atoms. The monoisotopic (exact) mass is 406 g/mol. The van der Waals surface area contributed by atoms with E-state index in [2.05, 4.69) is 52.7 Å². The first-order valence-corrected chi connectivity index (χ1v) is 9.26. The van der Waals surface area contributed by atoms with Crippen molar-refractivity contribution in [2.75, 3.05) is 18.0 Å². The van der Waals surface area contributed by atoms with Crippen LogP contribution in [0.25, 0.3) is 0 Å². The van der Waals surface area contributed by atoms with Crippen molar-refractivity contribution in [1.29, 1.82) is 0 Å². The molecule has 0 saturated carbocycles. The fourth-order valence-corrected chi connectivity index (χ4v) is 2.82. The number of ether oxygens (including phenoxy) is 1. The Morgan fingerprint density at radius 2 is 1.92 bits per heavy atom. The van der Waals surface area contributed by atoms with Gasteiger partial charge in [-0.2, -0.15) is 0 Å². The number of anilines is 1. The van der Waals surface area contributed by atoms with Gasteiger partial charge in [0.15, 0.2) is 0 Å². The second-order valence-corrected chi connectivity index (χ2v) is 6.74. The summed E-state index contributed by atoms with van der Waals surface area (Å²) in [6.45, 7) is 9.95. The van der Waals surface area contributed by atoms with Crippen molar-refractivity contribution < 1.29 is 9.13 Å². The number of hydrogen-bond donors (Lipinski definition) is 0. The minimum Gasteiger partial charge on any atom is -0.457 e. The normalized spacial score (nSPS) is 11.1. The summed E-state index contributed by atoms with van der Waals surface area (Å²) >= 11 is 3.19. The van der Waals surface area contributed by atoms with E-state index in [-0.39, 0.29) is 5.82 Å². The fraction of sp³-hybridized carbons (Fsp3) is 0.350. The average molecular weight is 407 g/mol. The molecule has 0 heterocycles. The standard InChI is InChI=1S/C20H24BrFN2O/c1-5-9-23-13-24(6-2)19-10-15(4)20(11-14(19)3)25-16-7-8-18(22)17(21)12-16/h7-8,10-13H,5-6,9H2,1-4H3. The minimum atomic E-state index is -0.305. The van der Waals surface area contributed by atoms with Crippen LogP contribution in [0.3, 0.4) is 0 Å². The maximum absolute atomic E-state index is 13.4. The van der Waals surface area contributed by atoms with E-state index < -0.39 is 0 Å². The van der Waals surface area contributed by atoms with Gasteiger partial charge in [0.1, 0.15) is 17.3 Å². The van der Waals surface area contributed by atoms with Gasteiger partial charge >= 0.3 is 0 Å². The van der Waals surface area contributed by atoms with Crippen LogP contribution in [0.15, 0.2) is 39.8 Å². The Hall–Kier alpha value is -1.88. The maximum atomic E-state index is 13.4. The molecule has 2 aromatic carbocycles.